The quantitative estimate of drug-likeness (QED) is 0.482. The Balaban J connectivity index is 1.65. The first-order valence-electron chi connectivity index (χ1n) is 8.72. The van der Waals surface area contributed by atoms with Crippen molar-refractivity contribution in [1.29, 1.82) is 0 Å². The zero-order valence-corrected chi connectivity index (χ0v) is 15.8. The van der Waals surface area contributed by atoms with Crippen LogP contribution < -0.4 is 0 Å². The molecule has 0 saturated carbocycles. The van der Waals surface area contributed by atoms with Gasteiger partial charge in [0, 0.05) is 46.3 Å². The molecule has 142 valence electrons. The van der Waals surface area contributed by atoms with E-state index >= 15 is 0 Å². The summed E-state index contributed by atoms with van der Waals surface area (Å²) < 4.78 is 5.53. The molecule has 0 N–H and O–H groups in total. The Morgan fingerprint density at radius 1 is 1.25 bits per heavy atom. The highest BCUT2D eigenvalue weighted by Crippen LogP contribution is 2.32. The predicted octanol–water partition coefficient (Wildman–Crippen LogP) is 4.41. The van der Waals surface area contributed by atoms with Crippen LogP contribution in [0.15, 0.2) is 47.0 Å². The SMILES string of the molecule is Cc1c(C(=O)N2CCc3noc(-c4ccc(Cl)cc4)c3C2)cccc1[N+](=O)[O-]. The molecule has 0 fully saturated rings. The molecule has 0 aliphatic carbocycles. The van der Waals surface area contributed by atoms with Crippen molar-refractivity contribution in [3.8, 4) is 11.3 Å². The molecule has 1 aromatic heterocycles. The van der Waals surface area contributed by atoms with E-state index in [0.717, 1.165) is 16.8 Å². The normalized spacial score (nSPS) is 13.3. The topological polar surface area (TPSA) is 89.5 Å². The number of hydrogen-bond donors (Lipinski definition) is 0. The molecule has 0 bridgehead atoms. The van der Waals surface area contributed by atoms with Crippen molar-refractivity contribution in [1.82, 2.24) is 10.1 Å². The van der Waals surface area contributed by atoms with Gasteiger partial charge in [-0.25, -0.2) is 0 Å². The molecule has 8 heteroatoms. The van der Waals surface area contributed by atoms with Gasteiger partial charge in [-0.1, -0.05) is 22.8 Å². The molecule has 1 aliphatic rings. The van der Waals surface area contributed by atoms with Crippen LogP contribution in [0.2, 0.25) is 5.02 Å². The number of carbonyl (C=O) groups excluding carboxylic acids is 1. The van der Waals surface area contributed by atoms with Gasteiger partial charge in [0.1, 0.15) is 0 Å². The Labute approximate surface area is 165 Å². The van der Waals surface area contributed by atoms with Crippen LogP contribution in [0.4, 0.5) is 5.69 Å². The van der Waals surface area contributed by atoms with Crippen LogP contribution in [0.3, 0.4) is 0 Å². The van der Waals surface area contributed by atoms with Crippen LogP contribution >= 0.6 is 11.6 Å². The van der Waals surface area contributed by atoms with E-state index < -0.39 is 4.92 Å². The summed E-state index contributed by atoms with van der Waals surface area (Å²) in [7, 11) is 0. The van der Waals surface area contributed by atoms with E-state index in [1.807, 2.05) is 12.1 Å². The van der Waals surface area contributed by atoms with E-state index in [-0.39, 0.29) is 11.6 Å². The lowest BCUT2D eigenvalue weighted by atomic mass is 9.99. The van der Waals surface area contributed by atoms with Crippen LogP contribution in [0.25, 0.3) is 11.3 Å². The smallest absolute Gasteiger partial charge is 0.273 e. The van der Waals surface area contributed by atoms with Crippen molar-refractivity contribution >= 4 is 23.2 Å². The van der Waals surface area contributed by atoms with Crippen molar-refractivity contribution in [3.63, 3.8) is 0 Å². The van der Waals surface area contributed by atoms with Gasteiger partial charge < -0.3 is 9.42 Å². The summed E-state index contributed by atoms with van der Waals surface area (Å²) in [6.07, 6.45) is 0.562. The van der Waals surface area contributed by atoms with E-state index in [4.69, 9.17) is 16.1 Å². The molecule has 4 rings (SSSR count). The molecule has 0 radical (unpaired) electrons. The average Bonchev–Trinajstić information content (AvgIpc) is 3.11. The van der Waals surface area contributed by atoms with Gasteiger partial charge >= 0.3 is 0 Å². The van der Waals surface area contributed by atoms with Gasteiger partial charge in [0.25, 0.3) is 11.6 Å². The molecule has 2 aromatic carbocycles. The van der Waals surface area contributed by atoms with Gasteiger partial charge in [-0.3, -0.25) is 14.9 Å². The van der Waals surface area contributed by atoms with Gasteiger partial charge in [-0.05, 0) is 37.3 Å². The standard InChI is InChI=1S/C20H16ClN3O4/c1-12-15(3-2-4-18(12)24(26)27)20(25)23-10-9-17-16(11-23)19(28-22-17)13-5-7-14(21)8-6-13/h2-8H,9-11H2,1H3. The van der Waals surface area contributed by atoms with Crippen LogP contribution in [0.5, 0.6) is 0 Å². The second kappa shape index (κ2) is 7.09. The van der Waals surface area contributed by atoms with Crippen molar-refractivity contribution in [2.75, 3.05) is 6.54 Å². The van der Waals surface area contributed by atoms with E-state index in [9.17, 15) is 14.9 Å². The molecule has 0 saturated heterocycles. The van der Waals surface area contributed by atoms with E-state index in [1.54, 1.807) is 30.0 Å². The summed E-state index contributed by atoms with van der Waals surface area (Å²) in [4.78, 5) is 25.4. The van der Waals surface area contributed by atoms with Crippen LogP contribution in [0, 0.1) is 17.0 Å². The van der Waals surface area contributed by atoms with Crippen LogP contribution in [-0.4, -0.2) is 27.4 Å². The first kappa shape index (κ1) is 18.2. The summed E-state index contributed by atoms with van der Waals surface area (Å²) in [5, 5.41) is 15.9. The number of aromatic nitrogens is 1. The van der Waals surface area contributed by atoms with Gasteiger partial charge in [-0.15, -0.1) is 0 Å². The Hall–Kier alpha value is -3.19. The Morgan fingerprint density at radius 3 is 2.71 bits per heavy atom. The third-order valence-corrected chi connectivity index (χ3v) is 5.21. The monoisotopic (exact) mass is 397 g/mol. The van der Waals surface area contributed by atoms with Crippen LogP contribution in [-0.2, 0) is 13.0 Å². The van der Waals surface area contributed by atoms with Gasteiger partial charge in [0.05, 0.1) is 17.2 Å². The Kier molecular flexibility index (Phi) is 4.60. The number of fused-ring (bicyclic) bond motifs is 1. The second-order valence-electron chi connectivity index (χ2n) is 6.63. The number of rotatable bonds is 3. The predicted molar refractivity (Wildman–Crippen MR) is 103 cm³/mol. The summed E-state index contributed by atoms with van der Waals surface area (Å²) >= 11 is 5.95. The van der Waals surface area contributed by atoms with Gasteiger partial charge in [-0.2, -0.15) is 0 Å². The summed E-state index contributed by atoms with van der Waals surface area (Å²) in [5.74, 6) is 0.370. The highest BCUT2D eigenvalue weighted by molar-refractivity contribution is 6.30. The minimum atomic E-state index is -0.473. The van der Waals surface area contributed by atoms with Crippen molar-refractivity contribution in [2.24, 2.45) is 0 Å². The summed E-state index contributed by atoms with van der Waals surface area (Å²) in [6, 6.07) is 11.8. The maximum atomic E-state index is 13.1. The fourth-order valence-corrected chi connectivity index (χ4v) is 3.56. The Morgan fingerprint density at radius 2 is 2.00 bits per heavy atom. The minimum Gasteiger partial charge on any atom is -0.356 e. The summed E-state index contributed by atoms with van der Waals surface area (Å²) in [6.45, 7) is 2.40. The largest absolute Gasteiger partial charge is 0.356 e. The molecule has 0 spiro atoms. The number of hydrogen-bond acceptors (Lipinski definition) is 5. The lowest BCUT2D eigenvalue weighted by Gasteiger charge is -2.27. The maximum Gasteiger partial charge on any atom is 0.273 e. The number of nitrogens with zero attached hydrogens (tertiary/aromatic N) is 3. The molecular weight excluding hydrogens is 382 g/mol. The van der Waals surface area contributed by atoms with Gasteiger partial charge in [0.15, 0.2) is 5.76 Å². The third kappa shape index (κ3) is 3.14. The minimum absolute atomic E-state index is 0.0598. The summed E-state index contributed by atoms with van der Waals surface area (Å²) in [5.41, 5.74) is 3.15. The number of halogens is 1. The molecular formula is C20H16ClN3O4. The molecule has 2 heterocycles. The number of nitro groups is 1. The van der Waals surface area contributed by atoms with Crippen LogP contribution in [0.1, 0.15) is 27.2 Å². The zero-order valence-electron chi connectivity index (χ0n) is 15.0. The first-order chi connectivity index (χ1) is 13.5. The van der Waals surface area contributed by atoms with Crippen molar-refractivity contribution < 1.29 is 14.2 Å². The molecule has 1 aliphatic heterocycles. The third-order valence-electron chi connectivity index (χ3n) is 4.96. The second-order valence-corrected chi connectivity index (χ2v) is 7.06. The highest BCUT2D eigenvalue weighted by Gasteiger charge is 2.29. The highest BCUT2D eigenvalue weighted by atomic mass is 35.5. The van der Waals surface area contributed by atoms with Crippen molar-refractivity contribution in [2.45, 2.75) is 19.9 Å². The lowest BCUT2D eigenvalue weighted by Crippen LogP contribution is -2.36. The molecule has 0 atom stereocenters. The molecule has 28 heavy (non-hydrogen) atoms. The maximum absolute atomic E-state index is 13.1. The number of amides is 1. The van der Waals surface area contributed by atoms with E-state index in [1.165, 1.54) is 12.1 Å². The molecule has 0 unspecified atom stereocenters. The molecule has 3 aromatic rings. The fourth-order valence-electron chi connectivity index (χ4n) is 3.44. The zero-order chi connectivity index (χ0) is 19.8. The number of benzene rings is 2. The van der Waals surface area contributed by atoms with E-state index in [0.29, 0.717) is 41.4 Å². The van der Waals surface area contributed by atoms with Gasteiger partial charge in [0.2, 0.25) is 0 Å². The Bertz CT molecular complexity index is 1080. The van der Waals surface area contributed by atoms with E-state index in [2.05, 4.69) is 5.16 Å². The first-order valence-corrected chi connectivity index (χ1v) is 9.10. The molecule has 1 amide bonds. The fraction of sp³-hybridized carbons (Fsp3) is 0.200. The molecule has 7 nitrogen and oxygen atoms in total. The number of nitro benzene ring substituents is 1. The number of carbonyl (C=O) groups is 1. The lowest BCUT2D eigenvalue weighted by molar-refractivity contribution is -0.385. The van der Waals surface area contributed by atoms with Crippen molar-refractivity contribution in [3.05, 3.63) is 80.0 Å². The average molecular weight is 398 g/mol.